The van der Waals surface area contributed by atoms with Crippen LogP contribution in [0.15, 0.2) is 30.8 Å². The molecule has 0 atom stereocenters. The van der Waals surface area contributed by atoms with Crippen LogP contribution in [-0.2, 0) is 4.79 Å². The number of carbonyl (C=O) groups is 1. The summed E-state index contributed by atoms with van der Waals surface area (Å²) < 4.78 is 1.62. The minimum Gasteiger partial charge on any atom is -0.297 e. The first kappa shape index (κ1) is 10.0. The number of para-hydroxylation sites is 1. The summed E-state index contributed by atoms with van der Waals surface area (Å²) >= 11 is 0. The molecule has 2 heterocycles. The van der Waals surface area contributed by atoms with E-state index < -0.39 is 0 Å². The molecule has 0 saturated carbocycles. The van der Waals surface area contributed by atoms with Gasteiger partial charge in [0.15, 0.2) is 0 Å². The van der Waals surface area contributed by atoms with Crippen molar-refractivity contribution in [1.29, 1.82) is 0 Å². The van der Waals surface area contributed by atoms with E-state index in [4.69, 9.17) is 0 Å². The lowest BCUT2D eigenvalue weighted by atomic mass is 10.3. The van der Waals surface area contributed by atoms with Gasteiger partial charge in [-0.1, -0.05) is 23.9 Å². The van der Waals surface area contributed by atoms with E-state index in [0.717, 1.165) is 17.5 Å². The molecule has 0 unspecified atom stereocenters. The van der Waals surface area contributed by atoms with Crippen LogP contribution >= 0.6 is 0 Å². The Hall–Kier alpha value is -2.17. The number of hydrogen-bond acceptors (Lipinski definition) is 3. The Labute approximate surface area is 98.3 Å². The average Bonchev–Trinajstić information content (AvgIpc) is 2.94. The van der Waals surface area contributed by atoms with Crippen molar-refractivity contribution in [3.05, 3.63) is 30.8 Å². The van der Waals surface area contributed by atoms with Gasteiger partial charge < -0.3 is 0 Å². The van der Waals surface area contributed by atoms with Crippen LogP contribution in [0.5, 0.6) is 0 Å². The molecule has 3 rings (SSSR count). The molecule has 5 heteroatoms. The Morgan fingerprint density at radius 2 is 2.18 bits per heavy atom. The molecule has 5 nitrogen and oxygen atoms in total. The van der Waals surface area contributed by atoms with Gasteiger partial charge in [0, 0.05) is 13.0 Å². The highest BCUT2D eigenvalue weighted by atomic mass is 16.2. The third-order valence-electron chi connectivity index (χ3n) is 2.98. The molecule has 0 spiro atoms. The zero-order valence-electron chi connectivity index (χ0n) is 9.33. The number of amides is 1. The monoisotopic (exact) mass is 228 g/mol. The number of carbonyl (C=O) groups excluding carboxylic acids is 1. The minimum absolute atomic E-state index is 0.106. The van der Waals surface area contributed by atoms with Crippen LogP contribution in [0.2, 0.25) is 0 Å². The predicted octanol–water partition coefficient (Wildman–Crippen LogP) is 1.48. The third kappa shape index (κ3) is 1.51. The molecule has 1 aromatic heterocycles. The Kier molecular flexibility index (Phi) is 2.18. The van der Waals surface area contributed by atoms with Crippen molar-refractivity contribution in [2.45, 2.75) is 12.8 Å². The SMILES string of the molecule is C=C(N1CCCC1=O)n1nnc2ccccc21. The minimum atomic E-state index is 0.106. The van der Waals surface area contributed by atoms with Crippen molar-refractivity contribution in [2.24, 2.45) is 0 Å². The fourth-order valence-corrected chi connectivity index (χ4v) is 2.09. The fraction of sp³-hybridized carbons (Fsp3) is 0.250. The number of fused-ring (bicyclic) bond motifs is 1. The second kappa shape index (κ2) is 3.69. The highest BCUT2D eigenvalue weighted by molar-refractivity contribution is 5.86. The largest absolute Gasteiger partial charge is 0.297 e. The first-order valence-electron chi connectivity index (χ1n) is 5.57. The van der Waals surface area contributed by atoms with E-state index in [9.17, 15) is 4.79 Å². The van der Waals surface area contributed by atoms with Crippen molar-refractivity contribution in [3.63, 3.8) is 0 Å². The molecule has 1 aliphatic rings. The summed E-state index contributed by atoms with van der Waals surface area (Å²) in [5, 5.41) is 8.10. The highest BCUT2D eigenvalue weighted by Gasteiger charge is 2.24. The maximum Gasteiger partial charge on any atom is 0.228 e. The lowest BCUT2D eigenvalue weighted by Crippen LogP contribution is -2.26. The Morgan fingerprint density at radius 1 is 1.35 bits per heavy atom. The van der Waals surface area contributed by atoms with E-state index in [0.29, 0.717) is 18.8 Å². The molecule has 0 N–H and O–H groups in total. The van der Waals surface area contributed by atoms with Gasteiger partial charge in [-0.15, -0.1) is 5.10 Å². The van der Waals surface area contributed by atoms with Crippen molar-refractivity contribution in [3.8, 4) is 0 Å². The smallest absolute Gasteiger partial charge is 0.228 e. The third-order valence-corrected chi connectivity index (χ3v) is 2.98. The summed E-state index contributed by atoms with van der Waals surface area (Å²) in [5.41, 5.74) is 1.68. The Morgan fingerprint density at radius 3 is 2.94 bits per heavy atom. The van der Waals surface area contributed by atoms with Gasteiger partial charge in [-0.05, 0) is 18.6 Å². The topological polar surface area (TPSA) is 51.0 Å². The molecule has 0 radical (unpaired) electrons. The summed E-state index contributed by atoms with van der Waals surface area (Å²) in [5.74, 6) is 0.691. The van der Waals surface area contributed by atoms with Crippen LogP contribution in [0, 0.1) is 0 Å². The summed E-state index contributed by atoms with van der Waals surface area (Å²) in [6.07, 6.45) is 1.47. The zero-order chi connectivity index (χ0) is 11.8. The second-order valence-corrected chi connectivity index (χ2v) is 4.06. The lowest BCUT2D eigenvalue weighted by molar-refractivity contribution is -0.125. The van der Waals surface area contributed by atoms with Gasteiger partial charge in [0.1, 0.15) is 11.3 Å². The first-order chi connectivity index (χ1) is 8.27. The normalized spacial score (nSPS) is 15.8. The number of hydrogen-bond donors (Lipinski definition) is 0. The molecule has 0 aliphatic carbocycles. The van der Waals surface area contributed by atoms with Crippen molar-refractivity contribution < 1.29 is 4.79 Å². The predicted molar refractivity (Wildman–Crippen MR) is 63.8 cm³/mol. The lowest BCUT2D eigenvalue weighted by Gasteiger charge is -2.17. The molecule has 17 heavy (non-hydrogen) atoms. The van der Waals surface area contributed by atoms with Crippen molar-refractivity contribution in [1.82, 2.24) is 19.9 Å². The number of aromatic nitrogens is 3. The molecule has 1 aromatic carbocycles. The summed E-state index contributed by atoms with van der Waals surface area (Å²) in [7, 11) is 0. The van der Waals surface area contributed by atoms with Gasteiger partial charge in [0.25, 0.3) is 0 Å². The van der Waals surface area contributed by atoms with Crippen molar-refractivity contribution >= 4 is 22.8 Å². The second-order valence-electron chi connectivity index (χ2n) is 4.06. The van der Waals surface area contributed by atoms with Crippen LogP contribution in [0.4, 0.5) is 0 Å². The molecule has 2 aromatic rings. The molecular weight excluding hydrogens is 216 g/mol. The molecule has 86 valence electrons. The van der Waals surface area contributed by atoms with E-state index >= 15 is 0 Å². The van der Waals surface area contributed by atoms with Gasteiger partial charge in [0.05, 0.1) is 5.52 Å². The number of likely N-dealkylation sites (tertiary alicyclic amines) is 1. The number of nitrogens with zero attached hydrogens (tertiary/aromatic N) is 4. The maximum absolute atomic E-state index is 11.7. The summed E-state index contributed by atoms with van der Waals surface area (Å²) in [6, 6.07) is 7.63. The Bertz CT molecular complexity index is 601. The van der Waals surface area contributed by atoms with Crippen LogP contribution in [0.25, 0.3) is 16.9 Å². The molecular formula is C12H12N4O. The highest BCUT2D eigenvalue weighted by Crippen LogP contribution is 2.21. The molecule has 1 amide bonds. The molecule has 1 aliphatic heterocycles. The van der Waals surface area contributed by atoms with E-state index in [-0.39, 0.29) is 5.91 Å². The van der Waals surface area contributed by atoms with E-state index in [1.807, 2.05) is 24.3 Å². The summed E-state index contributed by atoms with van der Waals surface area (Å²) in [4.78, 5) is 13.3. The van der Waals surface area contributed by atoms with E-state index in [1.54, 1.807) is 9.58 Å². The van der Waals surface area contributed by atoms with Crippen LogP contribution in [0.3, 0.4) is 0 Å². The van der Waals surface area contributed by atoms with Gasteiger partial charge in [-0.25, -0.2) is 0 Å². The van der Waals surface area contributed by atoms with Gasteiger partial charge in [-0.2, -0.15) is 4.68 Å². The first-order valence-corrected chi connectivity index (χ1v) is 5.57. The quantitative estimate of drug-likeness (QED) is 0.782. The molecule has 0 bridgehead atoms. The van der Waals surface area contributed by atoms with Gasteiger partial charge >= 0.3 is 0 Å². The fourth-order valence-electron chi connectivity index (χ4n) is 2.09. The van der Waals surface area contributed by atoms with E-state index in [1.165, 1.54) is 0 Å². The van der Waals surface area contributed by atoms with Crippen LogP contribution in [-0.4, -0.2) is 32.3 Å². The Balaban J connectivity index is 2.04. The number of rotatable bonds is 2. The molecule has 1 saturated heterocycles. The van der Waals surface area contributed by atoms with Gasteiger partial charge in [-0.3, -0.25) is 9.69 Å². The van der Waals surface area contributed by atoms with Crippen LogP contribution in [0.1, 0.15) is 12.8 Å². The van der Waals surface area contributed by atoms with E-state index in [2.05, 4.69) is 16.9 Å². The van der Waals surface area contributed by atoms with Crippen LogP contribution < -0.4 is 0 Å². The van der Waals surface area contributed by atoms with Gasteiger partial charge in [0.2, 0.25) is 5.91 Å². The summed E-state index contributed by atoms with van der Waals surface area (Å²) in [6.45, 7) is 4.66. The van der Waals surface area contributed by atoms with Crippen molar-refractivity contribution in [2.75, 3.05) is 6.54 Å². The average molecular weight is 228 g/mol. The maximum atomic E-state index is 11.7. The molecule has 1 fully saturated rings. The standard InChI is InChI=1S/C12H12N4O/c1-9(15-8-4-7-12(15)17)16-11-6-3-2-5-10(11)13-14-16/h2-3,5-6H,1,4,7-8H2. The number of benzene rings is 1. The zero-order valence-corrected chi connectivity index (χ0v) is 9.33.